The molecule has 0 spiro atoms. The Morgan fingerprint density at radius 3 is 2.24 bits per heavy atom. The summed E-state index contributed by atoms with van der Waals surface area (Å²) in [6, 6.07) is 15.3. The number of hydrogen-bond acceptors (Lipinski definition) is 5. The monoisotopic (exact) mass is 444 g/mol. The van der Waals surface area contributed by atoms with Gasteiger partial charge in [-0.05, 0) is 42.7 Å². The van der Waals surface area contributed by atoms with Crippen molar-refractivity contribution in [1.29, 1.82) is 0 Å². The molecule has 0 saturated carbocycles. The van der Waals surface area contributed by atoms with Gasteiger partial charge < -0.3 is 9.88 Å². The van der Waals surface area contributed by atoms with Gasteiger partial charge in [0.05, 0.1) is 17.8 Å². The summed E-state index contributed by atoms with van der Waals surface area (Å²) in [5.74, 6) is -0.161. The number of aromatic nitrogens is 4. The molecular formula is C24H24N6O3. The SMILES string of the molecule is Cc1nn(Cc2ccc(C(=O)NCc3ccc(Cn4ccnc4)cc3)cc2)c(C)c1[N+](=O)[O-]. The summed E-state index contributed by atoms with van der Waals surface area (Å²) in [5, 5.41) is 18.4. The van der Waals surface area contributed by atoms with Crippen molar-refractivity contribution in [3.63, 3.8) is 0 Å². The maximum Gasteiger partial charge on any atom is 0.312 e. The summed E-state index contributed by atoms with van der Waals surface area (Å²) in [5.41, 5.74) is 4.57. The van der Waals surface area contributed by atoms with Crippen LogP contribution in [0.3, 0.4) is 0 Å². The predicted molar refractivity (Wildman–Crippen MR) is 123 cm³/mol. The highest BCUT2D eigenvalue weighted by atomic mass is 16.6. The topological polar surface area (TPSA) is 108 Å². The lowest BCUT2D eigenvalue weighted by molar-refractivity contribution is -0.386. The number of hydrogen-bond donors (Lipinski definition) is 1. The number of carbonyl (C=O) groups is 1. The van der Waals surface area contributed by atoms with Gasteiger partial charge in [-0.25, -0.2) is 4.98 Å². The van der Waals surface area contributed by atoms with Crippen LogP contribution in [0.4, 0.5) is 5.69 Å². The van der Waals surface area contributed by atoms with Crippen LogP contribution in [-0.4, -0.2) is 30.2 Å². The Morgan fingerprint density at radius 1 is 1.00 bits per heavy atom. The lowest BCUT2D eigenvalue weighted by atomic mass is 10.1. The van der Waals surface area contributed by atoms with E-state index in [0.29, 0.717) is 30.0 Å². The zero-order valence-corrected chi connectivity index (χ0v) is 18.4. The van der Waals surface area contributed by atoms with Crippen LogP contribution in [0.25, 0.3) is 0 Å². The van der Waals surface area contributed by atoms with Gasteiger partial charge in [0, 0.05) is 31.0 Å². The van der Waals surface area contributed by atoms with E-state index in [9.17, 15) is 14.9 Å². The van der Waals surface area contributed by atoms with E-state index >= 15 is 0 Å². The Balaban J connectivity index is 1.33. The smallest absolute Gasteiger partial charge is 0.312 e. The molecule has 33 heavy (non-hydrogen) atoms. The Labute approximate surface area is 190 Å². The van der Waals surface area contributed by atoms with Crippen LogP contribution in [-0.2, 0) is 19.6 Å². The number of aryl methyl sites for hydroxylation is 1. The highest BCUT2D eigenvalue weighted by molar-refractivity contribution is 5.94. The number of imidazole rings is 1. The highest BCUT2D eigenvalue weighted by Gasteiger charge is 2.21. The molecule has 4 rings (SSSR count). The molecule has 0 bridgehead atoms. The van der Waals surface area contributed by atoms with Crippen LogP contribution in [0.1, 0.15) is 38.4 Å². The summed E-state index contributed by atoms with van der Waals surface area (Å²) >= 11 is 0. The standard InChI is InChI=1S/C24H24N6O3/c1-17-23(30(32)33)18(2)29(27-17)15-21-7-9-22(10-8-21)24(31)26-13-19-3-5-20(6-4-19)14-28-12-11-25-16-28/h3-12,16H,13-15H2,1-2H3,(H,26,31). The largest absolute Gasteiger partial charge is 0.348 e. The van der Waals surface area contributed by atoms with Gasteiger partial charge in [-0.15, -0.1) is 0 Å². The number of amides is 1. The van der Waals surface area contributed by atoms with Gasteiger partial charge in [0.15, 0.2) is 0 Å². The minimum atomic E-state index is -0.408. The minimum Gasteiger partial charge on any atom is -0.348 e. The van der Waals surface area contributed by atoms with Gasteiger partial charge in [0.2, 0.25) is 0 Å². The maximum absolute atomic E-state index is 12.5. The molecule has 1 N–H and O–H groups in total. The molecule has 2 heterocycles. The summed E-state index contributed by atoms with van der Waals surface area (Å²) in [7, 11) is 0. The van der Waals surface area contributed by atoms with Gasteiger partial charge in [0.1, 0.15) is 11.4 Å². The molecule has 2 aromatic carbocycles. The number of nitro groups is 1. The second-order valence-electron chi connectivity index (χ2n) is 7.87. The fourth-order valence-corrected chi connectivity index (χ4v) is 3.68. The fraction of sp³-hybridized carbons (Fsp3) is 0.208. The molecular weight excluding hydrogens is 420 g/mol. The fourth-order valence-electron chi connectivity index (χ4n) is 3.68. The molecule has 1 amide bonds. The molecule has 0 aliphatic heterocycles. The molecule has 0 radical (unpaired) electrons. The number of nitrogens with one attached hydrogen (secondary N) is 1. The van der Waals surface area contributed by atoms with E-state index in [2.05, 4.69) is 15.4 Å². The maximum atomic E-state index is 12.5. The molecule has 9 heteroatoms. The minimum absolute atomic E-state index is 0.0424. The highest BCUT2D eigenvalue weighted by Crippen LogP contribution is 2.22. The van der Waals surface area contributed by atoms with Crippen molar-refractivity contribution in [1.82, 2.24) is 24.6 Å². The van der Waals surface area contributed by atoms with E-state index in [1.165, 1.54) is 0 Å². The van der Waals surface area contributed by atoms with Crippen molar-refractivity contribution in [2.45, 2.75) is 33.5 Å². The zero-order valence-electron chi connectivity index (χ0n) is 18.4. The number of carbonyl (C=O) groups excluding carboxylic acids is 1. The van der Waals surface area contributed by atoms with Crippen LogP contribution < -0.4 is 5.32 Å². The number of benzene rings is 2. The summed E-state index contributed by atoms with van der Waals surface area (Å²) in [4.78, 5) is 27.3. The molecule has 0 unspecified atom stereocenters. The Kier molecular flexibility index (Phi) is 6.30. The quantitative estimate of drug-likeness (QED) is 0.330. The van der Waals surface area contributed by atoms with E-state index in [-0.39, 0.29) is 11.6 Å². The van der Waals surface area contributed by atoms with Crippen molar-refractivity contribution in [3.8, 4) is 0 Å². The number of nitrogens with zero attached hydrogens (tertiary/aromatic N) is 5. The predicted octanol–water partition coefficient (Wildman–Crippen LogP) is 3.63. The third kappa shape index (κ3) is 5.15. The number of rotatable bonds is 8. The van der Waals surface area contributed by atoms with Gasteiger partial charge in [-0.3, -0.25) is 19.6 Å². The van der Waals surface area contributed by atoms with Crippen molar-refractivity contribution >= 4 is 11.6 Å². The molecule has 9 nitrogen and oxygen atoms in total. The van der Waals surface area contributed by atoms with Crippen molar-refractivity contribution < 1.29 is 9.72 Å². The van der Waals surface area contributed by atoms with E-state index in [0.717, 1.165) is 23.2 Å². The first-order valence-electron chi connectivity index (χ1n) is 10.5. The molecule has 4 aromatic rings. The molecule has 0 fully saturated rings. The van der Waals surface area contributed by atoms with Crippen LogP contribution in [0.2, 0.25) is 0 Å². The van der Waals surface area contributed by atoms with Gasteiger partial charge in [-0.2, -0.15) is 5.10 Å². The zero-order chi connectivity index (χ0) is 23.4. The van der Waals surface area contributed by atoms with Crippen molar-refractivity contribution in [3.05, 3.63) is 111 Å². The molecule has 0 aliphatic carbocycles. The Bertz CT molecular complexity index is 1260. The second-order valence-corrected chi connectivity index (χ2v) is 7.87. The van der Waals surface area contributed by atoms with E-state index in [4.69, 9.17) is 0 Å². The molecule has 0 atom stereocenters. The van der Waals surface area contributed by atoms with Crippen LogP contribution in [0.15, 0.2) is 67.3 Å². The Hall–Kier alpha value is -4.27. The van der Waals surface area contributed by atoms with Crippen LogP contribution >= 0.6 is 0 Å². The molecule has 168 valence electrons. The average molecular weight is 444 g/mol. The van der Waals surface area contributed by atoms with Crippen molar-refractivity contribution in [2.75, 3.05) is 0 Å². The summed E-state index contributed by atoms with van der Waals surface area (Å²) in [6.45, 7) is 4.89. The van der Waals surface area contributed by atoms with Crippen LogP contribution in [0, 0.1) is 24.0 Å². The first-order valence-corrected chi connectivity index (χ1v) is 10.5. The first-order chi connectivity index (χ1) is 15.9. The van der Waals surface area contributed by atoms with Gasteiger partial charge >= 0.3 is 5.69 Å². The first kappa shape index (κ1) is 21.9. The van der Waals surface area contributed by atoms with Crippen molar-refractivity contribution in [2.24, 2.45) is 0 Å². The second kappa shape index (κ2) is 9.47. The molecule has 0 aliphatic rings. The molecule has 0 saturated heterocycles. The van der Waals surface area contributed by atoms with E-state index in [1.54, 1.807) is 43.2 Å². The summed E-state index contributed by atoms with van der Waals surface area (Å²) in [6.07, 6.45) is 5.45. The van der Waals surface area contributed by atoms with Gasteiger partial charge in [0.25, 0.3) is 5.91 Å². The van der Waals surface area contributed by atoms with Crippen LogP contribution in [0.5, 0.6) is 0 Å². The van der Waals surface area contributed by atoms with E-state index < -0.39 is 4.92 Å². The lowest BCUT2D eigenvalue weighted by Crippen LogP contribution is -2.22. The third-order valence-corrected chi connectivity index (χ3v) is 5.47. The Morgan fingerprint density at radius 2 is 1.64 bits per heavy atom. The normalized spacial score (nSPS) is 10.8. The lowest BCUT2D eigenvalue weighted by Gasteiger charge is -2.08. The van der Waals surface area contributed by atoms with Gasteiger partial charge in [-0.1, -0.05) is 36.4 Å². The summed E-state index contributed by atoms with van der Waals surface area (Å²) < 4.78 is 3.61. The average Bonchev–Trinajstić information content (AvgIpc) is 3.41. The molecule has 2 aromatic heterocycles. The third-order valence-electron chi connectivity index (χ3n) is 5.47. The van der Waals surface area contributed by atoms with E-state index in [1.807, 2.05) is 47.2 Å².